The van der Waals surface area contributed by atoms with Crippen molar-refractivity contribution in [3.63, 3.8) is 0 Å². The van der Waals surface area contributed by atoms with Gasteiger partial charge in [0.1, 0.15) is 5.69 Å². The van der Waals surface area contributed by atoms with Crippen molar-refractivity contribution in [1.29, 1.82) is 0 Å². The molecule has 2 aromatic rings. The Morgan fingerprint density at radius 2 is 1.95 bits per heavy atom. The second-order valence-corrected chi connectivity index (χ2v) is 5.94. The van der Waals surface area contributed by atoms with Crippen LogP contribution in [0.3, 0.4) is 0 Å². The highest BCUT2D eigenvalue weighted by Crippen LogP contribution is 2.10. The second-order valence-electron chi connectivity index (χ2n) is 5.94. The van der Waals surface area contributed by atoms with Gasteiger partial charge in [0.25, 0.3) is 5.91 Å². The van der Waals surface area contributed by atoms with E-state index in [9.17, 15) is 4.79 Å². The van der Waals surface area contributed by atoms with Crippen LogP contribution < -0.4 is 16.4 Å². The fourth-order valence-corrected chi connectivity index (χ4v) is 1.86. The van der Waals surface area contributed by atoms with E-state index in [0.29, 0.717) is 18.8 Å². The van der Waals surface area contributed by atoms with E-state index in [4.69, 9.17) is 5.73 Å². The van der Waals surface area contributed by atoms with E-state index in [2.05, 4.69) is 15.6 Å². The summed E-state index contributed by atoms with van der Waals surface area (Å²) < 4.78 is 0. The molecule has 0 aliphatic carbocycles. The number of nitrogens with zero attached hydrogens (tertiary/aromatic N) is 1. The van der Waals surface area contributed by atoms with Crippen molar-refractivity contribution < 1.29 is 4.79 Å². The largest absolute Gasteiger partial charge is 0.383 e. The van der Waals surface area contributed by atoms with E-state index in [1.807, 2.05) is 50.2 Å². The van der Waals surface area contributed by atoms with Crippen LogP contribution in [-0.2, 0) is 6.54 Å². The lowest BCUT2D eigenvalue weighted by Crippen LogP contribution is -2.39. The molecule has 0 aliphatic heterocycles. The minimum atomic E-state index is -0.320. The highest BCUT2D eigenvalue weighted by atomic mass is 16.1. The van der Waals surface area contributed by atoms with Crippen molar-refractivity contribution in [3.05, 3.63) is 59.9 Å². The Morgan fingerprint density at radius 1 is 1.23 bits per heavy atom. The number of aromatic nitrogens is 1. The Hall–Kier alpha value is -2.40. The number of hydrogen-bond acceptors (Lipinski definition) is 4. The molecule has 0 spiro atoms. The first-order valence-electron chi connectivity index (χ1n) is 7.25. The van der Waals surface area contributed by atoms with Gasteiger partial charge in [0.05, 0.1) is 0 Å². The monoisotopic (exact) mass is 298 g/mol. The van der Waals surface area contributed by atoms with Crippen LogP contribution in [-0.4, -0.2) is 23.0 Å². The normalized spacial score (nSPS) is 11.0. The molecule has 2 rings (SSSR count). The van der Waals surface area contributed by atoms with Gasteiger partial charge < -0.3 is 16.4 Å². The molecule has 5 nitrogen and oxygen atoms in total. The molecule has 0 unspecified atom stereocenters. The van der Waals surface area contributed by atoms with E-state index in [1.54, 1.807) is 12.3 Å². The summed E-state index contributed by atoms with van der Waals surface area (Å²) >= 11 is 0. The molecule has 1 heterocycles. The zero-order valence-corrected chi connectivity index (χ0v) is 13.0. The lowest BCUT2D eigenvalue weighted by Gasteiger charge is -2.19. The highest BCUT2D eigenvalue weighted by Gasteiger charge is 2.11. The van der Waals surface area contributed by atoms with Crippen LogP contribution in [0.1, 0.15) is 29.9 Å². The van der Waals surface area contributed by atoms with Gasteiger partial charge in [-0.2, -0.15) is 0 Å². The summed E-state index contributed by atoms with van der Waals surface area (Å²) in [6, 6.07) is 13.3. The number of nitrogens with two attached hydrogens (primary N) is 1. The third kappa shape index (κ3) is 5.18. The molecule has 1 amide bonds. The molecule has 0 radical (unpaired) electrons. The van der Waals surface area contributed by atoms with E-state index < -0.39 is 0 Å². The topological polar surface area (TPSA) is 80.0 Å². The molecular formula is C17H22N4O. The number of hydrogen-bond donors (Lipinski definition) is 3. The zero-order valence-electron chi connectivity index (χ0n) is 13.0. The van der Waals surface area contributed by atoms with Crippen molar-refractivity contribution in [3.8, 4) is 0 Å². The molecule has 0 fully saturated rings. The summed E-state index contributed by atoms with van der Waals surface area (Å²) in [7, 11) is 0. The summed E-state index contributed by atoms with van der Waals surface area (Å²) in [4.78, 5) is 16.3. The van der Waals surface area contributed by atoms with Crippen LogP contribution in [0.4, 0.5) is 5.69 Å². The number of carbonyl (C=O) groups is 1. The molecule has 1 aromatic heterocycles. The van der Waals surface area contributed by atoms with Gasteiger partial charge in [-0.25, -0.2) is 0 Å². The average Bonchev–Trinajstić information content (AvgIpc) is 2.51. The van der Waals surface area contributed by atoms with Crippen LogP contribution in [0.5, 0.6) is 0 Å². The number of nitrogens with one attached hydrogen (secondary N) is 2. The summed E-state index contributed by atoms with van der Waals surface area (Å²) in [5, 5.41) is 6.07. The number of carbonyl (C=O) groups excluding carboxylic acids is 1. The number of rotatable bonds is 6. The zero-order chi connectivity index (χ0) is 16.0. The molecule has 0 aliphatic rings. The number of pyridine rings is 1. The quantitative estimate of drug-likeness (QED) is 0.763. The highest BCUT2D eigenvalue weighted by molar-refractivity contribution is 5.93. The van der Waals surface area contributed by atoms with Crippen molar-refractivity contribution in [2.45, 2.75) is 25.9 Å². The van der Waals surface area contributed by atoms with Crippen LogP contribution in [0.25, 0.3) is 0 Å². The Labute approximate surface area is 130 Å². The standard InChI is InChI=1S/C17H22N4O/c1-17(2,18)12-21-14-8-9-19-15(10-14)16(22)20-11-13-6-4-3-5-7-13/h3-10H,11-12,18H2,1-2H3,(H,19,21)(H,20,22). The lowest BCUT2D eigenvalue weighted by atomic mass is 10.1. The van der Waals surface area contributed by atoms with Crippen molar-refractivity contribution in [1.82, 2.24) is 10.3 Å². The minimum Gasteiger partial charge on any atom is -0.383 e. The summed E-state index contributed by atoms with van der Waals surface area (Å²) in [5.41, 5.74) is 7.88. The fourth-order valence-electron chi connectivity index (χ4n) is 1.86. The second kappa shape index (κ2) is 7.04. The van der Waals surface area contributed by atoms with E-state index in [1.165, 1.54) is 0 Å². The van der Waals surface area contributed by atoms with Crippen molar-refractivity contribution in [2.75, 3.05) is 11.9 Å². The maximum absolute atomic E-state index is 12.1. The Kier molecular flexibility index (Phi) is 5.12. The third-order valence-electron chi connectivity index (χ3n) is 3.04. The average molecular weight is 298 g/mol. The first kappa shape index (κ1) is 16.0. The number of benzene rings is 1. The minimum absolute atomic E-state index is 0.195. The first-order chi connectivity index (χ1) is 10.4. The summed E-state index contributed by atoms with van der Waals surface area (Å²) in [6.07, 6.45) is 1.61. The summed E-state index contributed by atoms with van der Waals surface area (Å²) in [6.45, 7) is 4.97. The molecule has 0 saturated heterocycles. The maximum atomic E-state index is 12.1. The van der Waals surface area contributed by atoms with Gasteiger partial charge in [-0.3, -0.25) is 9.78 Å². The Bertz CT molecular complexity index is 620. The van der Waals surface area contributed by atoms with Gasteiger partial charge >= 0.3 is 0 Å². The first-order valence-corrected chi connectivity index (χ1v) is 7.25. The van der Waals surface area contributed by atoms with Gasteiger partial charge in [-0.15, -0.1) is 0 Å². The maximum Gasteiger partial charge on any atom is 0.270 e. The molecular weight excluding hydrogens is 276 g/mol. The van der Waals surface area contributed by atoms with Gasteiger partial charge in [0.15, 0.2) is 0 Å². The molecule has 5 heteroatoms. The van der Waals surface area contributed by atoms with Crippen LogP contribution in [0.15, 0.2) is 48.7 Å². The summed E-state index contributed by atoms with van der Waals surface area (Å²) in [5.74, 6) is -0.195. The van der Waals surface area contributed by atoms with Crippen molar-refractivity contribution in [2.24, 2.45) is 5.73 Å². The smallest absolute Gasteiger partial charge is 0.270 e. The van der Waals surface area contributed by atoms with Gasteiger partial charge in [-0.05, 0) is 31.5 Å². The van der Waals surface area contributed by atoms with Gasteiger partial charge in [-0.1, -0.05) is 30.3 Å². The van der Waals surface area contributed by atoms with Crippen LogP contribution >= 0.6 is 0 Å². The predicted molar refractivity (Wildman–Crippen MR) is 88.6 cm³/mol. The Morgan fingerprint density at radius 3 is 2.64 bits per heavy atom. The SMILES string of the molecule is CC(C)(N)CNc1ccnc(C(=O)NCc2ccccc2)c1. The molecule has 0 saturated carbocycles. The molecule has 4 N–H and O–H groups in total. The lowest BCUT2D eigenvalue weighted by molar-refractivity contribution is 0.0946. The van der Waals surface area contributed by atoms with E-state index >= 15 is 0 Å². The molecule has 1 aromatic carbocycles. The van der Waals surface area contributed by atoms with Gasteiger partial charge in [0.2, 0.25) is 0 Å². The van der Waals surface area contributed by atoms with Crippen LogP contribution in [0.2, 0.25) is 0 Å². The third-order valence-corrected chi connectivity index (χ3v) is 3.04. The van der Waals surface area contributed by atoms with Crippen LogP contribution in [0, 0.1) is 0 Å². The number of amides is 1. The molecule has 0 atom stereocenters. The Balaban J connectivity index is 1.95. The van der Waals surface area contributed by atoms with E-state index in [-0.39, 0.29) is 11.4 Å². The van der Waals surface area contributed by atoms with Crippen molar-refractivity contribution >= 4 is 11.6 Å². The number of anilines is 1. The fraction of sp³-hybridized carbons (Fsp3) is 0.294. The molecule has 116 valence electrons. The van der Waals surface area contributed by atoms with Gasteiger partial charge in [0, 0.05) is 30.5 Å². The molecule has 0 bridgehead atoms. The van der Waals surface area contributed by atoms with E-state index in [0.717, 1.165) is 11.3 Å². The predicted octanol–water partition coefficient (Wildman–Crippen LogP) is 2.16. The molecule has 22 heavy (non-hydrogen) atoms.